The number of halogens is 2. The lowest BCUT2D eigenvalue weighted by Gasteiger charge is -2.34. The lowest BCUT2D eigenvalue weighted by Crippen LogP contribution is -2.55. The molecular weight excluding hydrogens is 306 g/mol. The van der Waals surface area contributed by atoms with Gasteiger partial charge in [0.05, 0.1) is 25.9 Å². The van der Waals surface area contributed by atoms with Crippen molar-refractivity contribution in [3.63, 3.8) is 0 Å². The van der Waals surface area contributed by atoms with Crippen molar-refractivity contribution in [3.8, 4) is 0 Å². The number of amides is 1. The average molecular weight is 334 g/mol. The first-order chi connectivity index (χ1) is 11.2. The number of carbonyl (C=O) groups is 1. The summed E-state index contributed by atoms with van der Waals surface area (Å²) in [6.45, 7) is 1.69. The molecule has 0 aromatic rings. The van der Waals surface area contributed by atoms with Gasteiger partial charge in [0.2, 0.25) is 5.91 Å². The molecule has 0 aromatic heterocycles. The molecule has 1 aliphatic heterocycles. The number of nitrogens with zero attached hydrogens (tertiary/aromatic N) is 1. The summed E-state index contributed by atoms with van der Waals surface area (Å²) >= 11 is 0. The van der Waals surface area contributed by atoms with E-state index < -0.39 is 12.5 Å². The molecule has 1 atom stereocenters. The molecule has 7 heteroatoms. The van der Waals surface area contributed by atoms with E-state index in [4.69, 9.17) is 9.47 Å². The molecular formula is C16H28F2N2O3. The zero-order valence-electron chi connectivity index (χ0n) is 13.6. The van der Waals surface area contributed by atoms with Gasteiger partial charge in [-0.3, -0.25) is 9.69 Å². The molecule has 0 spiro atoms. The standard InChI is InChI=1S/C16H28F2N2O3/c17-15(18)11-20-8-10-22-12-14(20)16(21)19-7-4-9-23-13-5-2-1-3-6-13/h13-15H,1-12H2,(H,19,21)/t14-/m1/s1. The Morgan fingerprint density at radius 1 is 1.30 bits per heavy atom. The summed E-state index contributed by atoms with van der Waals surface area (Å²) in [6.07, 6.45) is 4.72. The van der Waals surface area contributed by atoms with Crippen LogP contribution in [0.25, 0.3) is 0 Å². The van der Waals surface area contributed by atoms with Crippen molar-refractivity contribution in [2.75, 3.05) is 39.5 Å². The first-order valence-electron chi connectivity index (χ1n) is 8.66. The van der Waals surface area contributed by atoms with Crippen LogP contribution in [0, 0.1) is 0 Å². The Morgan fingerprint density at radius 3 is 2.83 bits per heavy atom. The van der Waals surface area contributed by atoms with Crippen LogP contribution in [0.15, 0.2) is 0 Å². The van der Waals surface area contributed by atoms with E-state index in [1.54, 1.807) is 0 Å². The molecule has 2 fully saturated rings. The number of morpholine rings is 1. The molecule has 1 saturated carbocycles. The Morgan fingerprint density at radius 2 is 2.09 bits per heavy atom. The van der Waals surface area contributed by atoms with Crippen LogP contribution in [-0.4, -0.2) is 68.8 Å². The predicted molar refractivity (Wildman–Crippen MR) is 82.6 cm³/mol. The maximum Gasteiger partial charge on any atom is 0.251 e. The van der Waals surface area contributed by atoms with Gasteiger partial charge in [0, 0.05) is 19.7 Å². The average Bonchev–Trinajstić information content (AvgIpc) is 2.55. The van der Waals surface area contributed by atoms with Crippen LogP contribution in [0.3, 0.4) is 0 Å². The molecule has 2 aliphatic rings. The molecule has 1 amide bonds. The van der Waals surface area contributed by atoms with Crippen LogP contribution in [0.4, 0.5) is 8.78 Å². The van der Waals surface area contributed by atoms with Gasteiger partial charge in [-0.2, -0.15) is 0 Å². The summed E-state index contributed by atoms with van der Waals surface area (Å²) in [6, 6.07) is -0.614. The fourth-order valence-corrected chi connectivity index (χ4v) is 3.16. The Balaban J connectivity index is 1.60. The molecule has 0 bridgehead atoms. The molecule has 23 heavy (non-hydrogen) atoms. The Kier molecular flexibility index (Phi) is 8.19. The van der Waals surface area contributed by atoms with Crippen LogP contribution in [0.2, 0.25) is 0 Å². The van der Waals surface area contributed by atoms with Crippen LogP contribution in [0.1, 0.15) is 38.5 Å². The second-order valence-corrected chi connectivity index (χ2v) is 6.25. The van der Waals surface area contributed by atoms with Crippen molar-refractivity contribution >= 4 is 5.91 Å². The van der Waals surface area contributed by atoms with Crippen LogP contribution in [-0.2, 0) is 14.3 Å². The first kappa shape index (κ1) is 18.5. The van der Waals surface area contributed by atoms with E-state index >= 15 is 0 Å². The summed E-state index contributed by atoms with van der Waals surface area (Å²) < 4.78 is 36.2. The van der Waals surface area contributed by atoms with E-state index in [1.165, 1.54) is 24.2 Å². The second-order valence-electron chi connectivity index (χ2n) is 6.25. The minimum atomic E-state index is -2.44. The normalized spacial score (nSPS) is 24.0. The fraction of sp³-hybridized carbons (Fsp3) is 0.938. The van der Waals surface area contributed by atoms with Crippen LogP contribution < -0.4 is 5.32 Å². The molecule has 0 aromatic carbocycles. The van der Waals surface area contributed by atoms with E-state index in [9.17, 15) is 13.6 Å². The molecule has 1 heterocycles. The number of carbonyl (C=O) groups excluding carboxylic acids is 1. The SMILES string of the molecule is O=C(NCCCOC1CCCCC1)[C@H]1COCCN1CC(F)F. The maximum atomic E-state index is 12.6. The number of hydrogen-bond acceptors (Lipinski definition) is 4. The Hall–Kier alpha value is -0.790. The topological polar surface area (TPSA) is 50.8 Å². The zero-order valence-corrected chi connectivity index (χ0v) is 13.6. The molecule has 134 valence electrons. The number of nitrogens with one attached hydrogen (secondary N) is 1. The predicted octanol–water partition coefficient (Wildman–Crippen LogP) is 1.81. The van der Waals surface area contributed by atoms with Gasteiger partial charge in [-0.25, -0.2) is 8.78 Å². The third kappa shape index (κ3) is 6.69. The number of rotatable bonds is 8. The van der Waals surface area contributed by atoms with E-state index in [2.05, 4.69) is 5.32 Å². The lowest BCUT2D eigenvalue weighted by atomic mass is 9.98. The van der Waals surface area contributed by atoms with Crippen molar-refractivity contribution in [2.24, 2.45) is 0 Å². The zero-order chi connectivity index (χ0) is 16.5. The van der Waals surface area contributed by atoms with Gasteiger partial charge < -0.3 is 14.8 Å². The second kappa shape index (κ2) is 10.2. The van der Waals surface area contributed by atoms with Gasteiger partial charge in [0.15, 0.2) is 0 Å². The van der Waals surface area contributed by atoms with Gasteiger partial charge >= 0.3 is 0 Å². The van der Waals surface area contributed by atoms with E-state index in [0.717, 1.165) is 19.3 Å². The molecule has 1 saturated heterocycles. The summed E-state index contributed by atoms with van der Waals surface area (Å²) in [5, 5.41) is 2.81. The minimum Gasteiger partial charge on any atom is -0.378 e. The van der Waals surface area contributed by atoms with Crippen LogP contribution in [0.5, 0.6) is 0 Å². The molecule has 2 rings (SSSR count). The third-order valence-electron chi connectivity index (χ3n) is 4.44. The highest BCUT2D eigenvalue weighted by atomic mass is 19.3. The molecule has 5 nitrogen and oxygen atoms in total. The molecule has 1 N–H and O–H groups in total. The Labute approximate surface area is 136 Å². The maximum absolute atomic E-state index is 12.6. The number of hydrogen-bond donors (Lipinski definition) is 1. The third-order valence-corrected chi connectivity index (χ3v) is 4.44. The van der Waals surface area contributed by atoms with Crippen molar-refractivity contribution < 1.29 is 23.0 Å². The monoisotopic (exact) mass is 334 g/mol. The molecule has 1 aliphatic carbocycles. The highest BCUT2D eigenvalue weighted by Gasteiger charge is 2.30. The quantitative estimate of drug-likeness (QED) is 0.688. The summed E-state index contributed by atoms with van der Waals surface area (Å²) in [5.41, 5.74) is 0. The van der Waals surface area contributed by atoms with Gasteiger partial charge in [0.25, 0.3) is 6.43 Å². The summed E-state index contributed by atoms with van der Waals surface area (Å²) in [7, 11) is 0. The van der Waals surface area contributed by atoms with Crippen molar-refractivity contribution in [1.29, 1.82) is 0 Å². The largest absolute Gasteiger partial charge is 0.378 e. The van der Waals surface area contributed by atoms with E-state index in [0.29, 0.717) is 32.4 Å². The molecule has 0 radical (unpaired) electrons. The van der Waals surface area contributed by atoms with Crippen molar-refractivity contribution in [3.05, 3.63) is 0 Å². The van der Waals surface area contributed by atoms with E-state index in [1.807, 2.05) is 0 Å². The summed E-state index contributed by atoms with van der Waals surface area (Å²) in [4.78, 5) is 13.6. The summed E-state index contributed by atoms with van der Waals surface area (Å²) in [5.74, 6) is -0.233. The number of alkyl halides is 2. The van der Waals surface area contributed by atoms with Crippen molar-refractivity contribution in [1.82, 2.24) is 10.2 Å². The highest BCUT2D eigenvalue weighted by molar-refractivity contribution is 5.82. The van der Waals surface area contributed by atoms with Crippen molar-refractivity contribution in [2.45, 2.75) is 57.1 Å². The highest BCUT2D eigenvalue weighted by Crippen LogP contribution is 2.20. The van der Waals surface area contributed by atoms with Gasteiger partial charge in [-0.1, -0.05) is 19.3 Å². The van der Waals surface area contributed by atoms with Gasteiger partial charge in [-0.15, -0.1) is 0 Å². The van der Waals surface area contributed by atoms with Crippen LogP contribution >= 0.6 is 0 Å². The smallest absolute Gasteiger partial charge is 0.251 e. The fourth-order valence-electron chi connectivity index (χ4n) is 3.16. The lowest BCUT2D eigenvalue weighted by molar-refractivity contribution is -0.134. The Bertz CT molecular complexity index is 352. The molecule has 0 unspecified atom stereocenters. The first-order valence-corrected chi connectivity index (χ1v) is 8.66. The van der Waals surface area contributed by atoms with Gasteiger partial charge in [-0.05, 0) is 19.3 Å². The minimum absolute atomic E-state index is 0.178. The van der Waals surface area contributed by atoms with Gasteiger partial charge in [0.1, 0.15) is 6.04 Å². The number of ether oxygens (including phenoxy) is 2. The van der Waals surface area contributed by atoms with E-state index in [-0.39, 0.29) is 19.1 Å².